The first-order valence-electron chi connectivity index (χ1n) is 6.25. The summed E-state index contributed by atoms with van der Waals surface area (Å²) in [5, 5.41) is 0.877. The monoisotopic (exact) mass is 365 g/mol. The van der Waals surface area contributed by atoms with Crippen molar-refractivity contribution in [2.24, 2.45) is 0 Å². The Hall–Kier alpha value is -1.65. The smallest absolute Gasteiger partial charge is 0.141 e. The van der Waals surface area contributed by atoms with Crippen LogP contribution in [0.2, 0.25) is 0 Å². The summed E-state index contributed by atoms with van der Waals surface area (Å²) in [7, 11) is 0. The van der Waals surface area contributed by atoms with Gasteiger partial charge in [0.1, 0.15) is 17.3 Å². The molecule has 1 aromatic heterocycles. The van der Waals surface area contributed by atoms with Crippen molar-refractivity contribution in [2.45, 2.75) is 5.88 Å². The van der Waals surface area contributed by atoms with E-state index < -0.39 is 0 Å². The van der Waals surface area contributed by atoms with Crippen molar-refractivity contribution in [2.75, 3.05) is 0 Å². The van der Waals surface area contributed by atoms with E-state index >= 15 is 0 Å². The fourth-order valence-corrected chi connectivity index (χ4v) is 2.59. The summed E-state index contributed by atoms with van der Waals surface area (Å²) >= 11 is 9.17. The Bertz CT molecular complexity index is 809. The molecule has 2 nitrogen and oxygen atoms in total. The largest absolute Gasteiger partial charge is 0.455 e. The number of pyridine rings is 1. The van der Waals surface area contributed by atoms with Gasteiger partial charge >= 0.3 is 0 Å². The van der Waals surface area contributed by atoms with Crippen LogP contribution in [0.3, 0.4) is 0 Å². The van der Waals surface area contributed by atoms with Crippen molar-refractivity contribution in [3.63, 3.8) is 0 Å². The third kappa shape index (κ3) is 3.01. The average molecular weight is 367 g/mol. The number of ether oxygens (including phenoxy) is 1. The Labute approximate surface area is 134 Å². The highest BCUT2D eigenvalue weighted by atomic mass is 79.9. The second kappa shape index (κ2) is 6.00. The SMILES string of the molecule is Fc1ccc(Oc2cc(CCl)nc3ccccc23)c(Br)c1. The maximum absolute atomic E-state index is 13.1. The van der Waals surface area contributed by atoms with Crippen LogP contribution in [0, 0.1) is 5.82 Å². The number of hydrogen-bond donors (Lipinski definition) is 0. The summed E-state index contributed by atoms with van der Waals surface area (Å²) in [6, 6.07) is 13.7. The van der Waals surface area contributed by atoms with Gasteiger partial charge in [0.2, 0.25) is 0 Å². The minimum Gasteiger partial charge on any atom is -0.455 e. The van der Waals surface area contributed by atoms with Crippen molar-refractivity contribution in [1.82, 2.24) is 4.98 Å². The Morgan fingerprint density at radius 2 is 1.90 bits per heavy atom. The van der Waals surface area contributed by atoms with Gasteiger partial charge in [-0.1, -0.05) is 12.1 Å². The molecular weight excluding hydrogens is 357 g/mol. The minimum absolute atomic E-state index is 0.297. The van der Waals surface area contributed by atoms with Crippen LogP contribution in [-0.2, 0) is 5.88 Å². The maximum atomic E-state index is 13.1. The van der Waals surface area contributed by atoms with Gasteiger partial charge in [-0.25, -0.2) is 4.39 Å². The number of fused-ring (bicyclic) bond motifs is 1. The lowest BCUT2D eigenvalue weighted by molar-refractivity contribution is 0.482. The second-order valence-electron chi connectivity index (χ2n) is 4.44. The van der Waals surface area contributed by atoms with Crippen LogP contribution < -0.4 is 4.74 Å². The zero-order valence-corrected chi connectivity index (χ0v) is 13.2. The van der Waals surface area contributed by atoms with Gasteiger partial charge in [-0.15, -0.1) is 11.6 Å². The van der Waals surface area contributed by atoms with Gasteiger partial charge in [-0.05, 0) is 46.3 Å². The fraction of sp³-hybridized carbons (Fsp3) is 0.0625. The number of para-hydroxylation sites is 1. The van der Waals surface area contributed by atoms with Crippen molar-refractivity contribution in [3.8, 4) is 11.5 Å². The highest BCUT2D eigenvalue weighted by Crippen LogP contribution is 2.34. The predicted octanol–water partition coefficient (Wildman–Crippen LogP) is 5.67. The standard InChI is InChI=1S/C16H10BrClFNO/c17-13-7-10(19)5-6-15(13)21-16-8-11(9-18)20-14-4-2-1-3-12(14)16/h1-8H,9H2. The number of benzene rings is 2. The molecule has 2 aromatic carbocycles. The van der Waals surface area contributed by atoms with E-state index in [1.54, 1.807) is 12.1 Å². The summed E-state index contributed by atoms with van der Waals surface area (Å²) in [6.45, 7) is 0. The number of nitrogens with zero attached hydrogens (tertiary/aromatic N) is 1. The first-order valence-corrected chi connectivity index (χ1v) is 7.57. The molecule has 0 bridgehead atoms. The highest BCUT2D eigenvalue weighted by molar-refractivity contribution is 9.10. The molecule has 0 amide bonds. The number of halogens is 3. The molecule has 0 aliphatic heterocycles. The first-order chi connectivity index (χ1) is 10.2. The van der Waals surface area contributed by atoms with Gasteiger partial charge < -0.3 is 4.74 Å². The minimum atomic E-state index is -0.324. The van der Waals surface area contributed by atoms with E-state index in [0.717, 1.165) is 16.6 Å². The highest BCUT2D eigenvalue weighted by Gasteiger charge is 2.10. The van der Waals surface area contributed by atoms with E-state index in [9.17, 15) is 4.39 Å². The normalized spacial score (nSPS) is 10.8. The molecule has 3 rings (SSSR count). The molecule has 0 N–H and O–H groups in total. The van der Waals surface area contributed by atoms with E-state index in [1.807, 2.05) is 24.3 Å². The molecule has 21 heavy (non-hydrogen) atoms. The zero-order chi connectivity index (χ0) is 14.8. The lowest BCUT2D eigenvalue weighted by Gasteiger charge is -2.11. The van der Waals surface area contributed by atoms with Crippen molar-refractivity contribution < 1.29 is 9.13 Å². The Kier molecular flexibility index (Phi) is 4.08. The van der Waals surface area contributed by atoms with Gasteiger partial charge in [0.25, 0.3) is 0 Å². The van der Waals surface area contributed by atoms with E-state index in [2.05, 4.69) is 20.9 Å². The average Bonchev–Trinajstić information content (AvgIpc) is 2.49. The Balaban J connectivity index is 2.10. The Morgan fingerprint density at radius 3 is 2.67 bits per heavy atom. The van der Waals surface area contributed by atoms with Crippen molar-refractivity contribution in [1.29, 1.82) is 0 Å². The van der Waals surface area contributed by atoms with Crippen LogP contribution in [0.25, 0.3) is 10.9 Å². The second-order valence-corrected chi connectivity index (χ2v) is 5.56. The van der Waals surface area contributed by atoms with Crippen LogP contribution in [0.5, 0.6) is 11.5 Å². The van der Waals surface area contributed by atoms with Gasteiger partial charge in [0.05, 0.1) is 21.6 Å². The predicted molar refractivity (Wildman–Crippen MR) is 85.5 cm³/mol. The summed E-state index contributed by atoms with van der Waals surface area (Å²) in [4.78, 5) is 4.45. The zero-order valence-electron chi connectivity index (χ0n) is 10.8. The molecule has 5 heteroatoms. The number of alkyl halides is 1. The molecule has 0 saturated heterocycles. The molecular formula is C16H10BrClFNO. The maximum Gasteiger partial charge on any atom is 0.141 e. The molecule has 106 valence electrons. The quantitative estimate of drug-likeness (QED) is 0.557. The molecule has 0 aliphatic carbocycles. The van der Waals surface area contributed by atoms with Crippen LogP contribution in [0.1, 0.15) is 5.69 Å². The molecule has 0 saturated carbocycles. The third-order valence-corrected chi connectivity index (χ3v) is 3.88. The first kappa shape index (κ1) is 14.3. The Morgan fingerprint density at radius 1 is 1.10 bits per heavy atom. The van der Waals surface area contributed by atoms with Crippen LogP contribution in [0.15, 0.2) is 53.0 Å². The third-order valence-electron chi connectivity index (χ3n) is 2.98. The topological polar surface area (TPSA) is 22.1 Å². The molecule has 1 heterocycles. The lowest BCUT2D eigenvalue weighted by Crippen LogP contribution is -1.93. The molecule has 0 spiro atoms. The summed E-state index contributed by atoms with van der Waals surface area (Å²) in [5.41, 5.74) is 1.53. The molecule has 3 aromatic rings. The summed E-state index contributed by atoms with van der Waals surface area (Å²) in [5.74, 6) is 1.15. The molecule has 0 atom stereocenters. The van der Waals surface area contributed by atoms with Crippen LogP contribution in [-0.4, -0.2) is 4.98 Å². The van der Waals surface area contributed by atoms with E-state index in [-0.39, 0.29) is 5.82 Å². The van der Waals surface area contributed by atoms with Gasteiger partial charge in [-0.2, -0.15) is 0 Å². The van der Waals surface area contributed by atoms with Crippen LogP contribution in [0.4, 0.5) is 4.39 Å². The number of hydrogen-bond acceptors (Lipinski definition) is 2. The number of aromatic nitrogens is 1. The summed E-state index contributed by atoms with van der Waals surface area (Å²) < 4.78 is 19.6. The van der Waals surface area contributed by atoms with Crippen molar-refractivity contribution in [3.05, 3.63) is 64.5 Å². The van der Waals surface area contributed by atoms with Gasteiger partial charge in [-0.3, -0.25) is 4.98 Å². The van der Waals surface area contributed by atoms with E-state index in [0.29, 0.717) is 21.9 Å². The van der Waals surface area contributed by atoms with Gasteiger partial charge in [0.15, 0.2) is 0 Å². The number of rotatable bonds is 3. The molecule has 0 unspecified atom stereocenters. The fourth-order valence-electron chi connectivity index (χ4n) is 2.02. The lowest BCUT2D eigenvalue weighted by atomic mass is 10.2. The summed E-state index contributed by atoms with van der Waals surface area (Å²) in [6.07, 6.45) is 0. The van der Waals surface area contributed by atoms with Crippen molar-refractivity contribution >= 4 is 38.4 Å². The molecule has 0 radical (unpaired) electrons. The van der Waals surface area contributed by atoms with Crippen LogP contribution >= 0.6 is 27.5 Å². The molecule has 0 fully saturated rings. The van der Waals surface area contributed by atoms with Gasteiger partial charge in [0, 0.05) is 11.5 Å². The van der Waals surface area contributed by atoms with E-state index in [4.69, 9.17) is 16.3 Å². The molecule has 0 aliphatic rings. The van der Waals surface area contributed by atoms with E-state index in [1.165, 1.54) is 12.1 Å².